The molecule has 0 spiro atoms. The van der Waals surface area contributed by atoms with Crippen molar-refractivity contribution in [1.29, 1.82) is 0 Å². The number of rotatable bonds is 6. The minimum atomic E-state index is 0.0156. The molecule has 0 saturated carbocycles. The van der Waals surface area contributed by atoms with Gasteiger partial charge in [0.15, 0.2) is 18.9 Å². The van der Waals surface area contributed by atoms with E-state index in [9.17, 15) is 4.79 Å². The summed E-state index contributed by atoms with van der Waals surface area (Å²) in [6.07, 6.45) is 5.86. The van der Waals surface area contributed by atoms with Gasteiger partial charge in [-0.15, -0.1) is 11.6 Å². The topological polar surface area (TPSA) is 24.8 Å². The van der Waals surface area contributed by atoms with Crippen LogP contribution in [0.3, 0.4) is 0 Å². The second-order valence-electron chi connectivity index (χ2n) is 6.78. The summed E-state index contributed by atoms with van der Waals surface area (Å²) in [4.78, 5) is 11.7. The number of aryl methyl sites for hydroxylation is 1. The monoisotopic (exact) mass is 380 g/mol. The highest BCUT2D eigenvalue weighted by molar-refractivity contribution is 6.20. The van der Waals surface area contributed by atoms with Crippen LogP contribution in [-0.4, -0.2) is 11.7 Å². The van der Waals surface area contributed by atoms with Crippen molar-refractivity contribution in [3.05, 3.63) is 72.1 Å². The SMILES string of the molecule is CCc1c(-c2cccc[n+]2C)cc(C=O)cc1-c1cccc[n+]1CC(C)Cl. The van der Waals surface area contributed by atoms with Crippen LogP contribution >= 0.6 is 11.6 Å². The molecule has 3 rings (SSSR count). The molecule has 0 bridgehead atoms. The Bertz CT molecular complexity index is 966. The normalized spacial score (nSPS) is 12.0. The fraction of sp³-hybridized carbons (Fsp3) is 0.261. The number of benzene rings is 1. The molecule has 0 aliphatic heterocycles. The number of pyridine rings is 2. The second kappa shape index (κ2) is 8.45. The molecule has 2 aromatic heterocycles. The number of aromatic nitrogens is 2. The molecule has 0 aliphatic rings. The maximum absolute atomic E-state index is 11.7. The van der Waals surface area contributed by atoms with E-state index in [0.29, 0.717) is 12.1 Å². The predicted molar refractivity (Wildman–Crippen MR) is 109 cm³/mol. The summed E-state index contributed by atoms with van der Waals surface area (Å²) in [6.45, 7) is 4.85. The molecule has 27 heavy (non-hydrogen) atoms. The molecule has 0 aliphatic carbocycles. The Morgan fingerprint density at radius 1 is 1.04 bits per heavy atom. The van der Waals surface area contributed by atoms with E-state index in [0.717, 1.165) is 35.2 Å². The van der Waals surface area contributed by atoms with Gasteiger partial charge in [0.2, 0.25) is 11.4 Å². The largest absolute Gasteiger partial charge is 0.298 e. The number of aldehydes is 1. The Hall–Kier alpha value is -2.52. The first kappa shape index (κ1) is 19.2. The Morgan fingerprint density at radius 3 is 2.26 bits per heavy atom. The van der Waals surface area contributed by atoms with Crippen LogP contribution in [0.1, 0.15) is 29.8 Å². The lowest BCUT2D eigenvalue weighted by Crippen LogP contribution is -2.39. The summed E-state index contributed by atoms with van der Waals surface area (Å²) in [7, 11) is 2.03. The summed E-state index contributed by atoms with van der Waals surface area (Å²) in [5.74, 6) is 0. The van der Waals surface area contributed by atoms with Crippen molar-refractivity contribution in [3.8, 4) is 22.5 Å². The van der Waals surface area contributed by atoms with Crippen LogP contribution in [0, 0.1) is 0 Å². The Morgan fingerprint density at radius 2 is 1.67 bits per heavy atom. The zero-order valence-corrected chi connectivity index (χ0v) is 16.8. The molecule has 4 heteroatoms. The molecule has 3 nitrogen and oxygen atoms in total. The zero-order valence-electron chi connectivity index (χ0n) is 16.0. The number of halogens is 1. The fourth-order valence-corrected chi connectivity index (χ4v) is 3.70. The average molecular weight is 381 g/mol. The lowest BCUT2D eigenvalue weighted by Gasteiger charge is -2.14. The van der Waals surface area contributed by atoms with E-state index in [1.165, 1.54) is 5.56 Å². The van der Waals surface area contributed by atoms with E-state index < -0.39 is 0 Å². The van der Waals surface area contributed by atoms with Gasteiger partial charge in [0.1, 0.15) is 13.3 Å². The molecule has 0 N–H and O–H groups in total. The number of hydrogen-bond donors (Lipinski definition) is 0. The van der Waals surface area contributed by atoms with Crippen LogP contribution in [0.2, 0.25) is 0 Å². The number of carbonyl (C=O) groups excluding carboxylic acids is 1. The standard InChI is InChI=1S/C23H25ClN2O/c1-4-19-20(22-9-5-7-11-25(22)3)13-18(16-27)14-21(19)23-10-6-8-12-26(23)15-17(2)24/h5-14,16-17H,4,15H2,1-3H3/q+2. The van der Waals surface area contributed by atoms with Crippen LogP contribution in [0.15, 0.2) is 60.9 Å². The van der Waals surface area contributed by atoms with Crippen LogP contribution in [0.25, 0.3) is 22.5 Å². The Labute approximate surface area is 165 Å². The lowest BCUT2D eigenvalue weighted by atomic mass is 9.91. The van der Waals surface area contributed by atoms with Crippen molar-refractivity contribution < 1.29 is 13.9 Å². The molecule has 0 fully saturated rings. The van der Waals surface area contributed by atoms with Gasteiger partial charge in [-0.2, -0.15) is 4.57 Å². The molecular weight excluding hydrogens is 356 g/mol. The first-order chi connectivity index (χ1) is 13.0. The van der Waals surface area contributed by atoms with Gasteiger partial charge < -0.3 is 0 Å². The molecule has 138 valence electrons. The van der Waals surface area contributed by atoms with Gasteiger partial charge in [0.05, 0.1) is 16.5 Å². The van der Waals surface area contributed by atoms with E-state index in [2.05, 4.69) is 28.2 Å². The van der Waals surface area contributed by atoms with E-state index in [1.54, 1.807) is 0 Å². The molecule has 0 saturated heterocycles. The highest BCUT2D eigenvalue weighted by Gasteiger charge is 2.23. The van der Waals surface area contributed by atoms with Crippen molar-refractivity contribution in [2.24, 2.45) is 7.05 Å². The molecule has 1 atom stereocenters. The third kappa shape index (κ3) is 4.09. The average Bonchev–Trinajstić information content (AvgIpc) is 2.67. The number of hydrogen-bond acceptors (Lipinski definition) is 1. The third-order valence-corrected chi connectivity index (χ3v) is 4.90. The van der Waals surface area contributed by atoms with Crippen molar-refractivity contribution in [2.45, 2.75) is 32.2 Å². The smallest absolute Gasteiger partial charge is 0.212 e. The predicted octanol–water partition coefficient (Wildman–Crippen LogP) is 4.13. The van der Waals surface area contributed by atoms with E-state index in [1.807, 2.05) is 62.8 Å². The number of alkyl halides is 1. The molecule has 0 amide bonds. The minimum Gasteiger partial charge on any atom is -0.298 e. The van der Waals surface area contributed by atoms with Crippen molar-refractivity contribution in [2.75, 3.05) is 0 Å². The summed E-state index contributed by atoms with van der Waals surface area (Å²) in [6, 6.07) is 16.2. The molecule has 3 aromatic rings. The minimum absolute atomic E-state index is 0.0156. The summed E-state index contributed by atoms with van der Waals surface area (Å²) in [5.41, 5.74) is 6.24. The zero-order chi connectivity index (χ0) is 19.4. The van der Waals surface area contributed by atoms with Gasteiger partial charge in [-0.05, 0) is 43.2 Å². The van der Waals surface area contributed by atoms with Gasteiger partial charge in [0, 0.05) is 29.8 Å². The number of nitrogens with zero attached hydrogens (tertiary/aromatic N) is 2. The van der Waals surface area contributed by atoms with Crippen molar-refractivity contribution >= 4 is 17.9 Å². The molecule has 1 aromatic carbocycles. The van der Waals surface area contributed by atoms with Gasteiger partial charge in [0.25, 0.3) is 0 Å². The van der Waals surface area contributed by atoms with Crippen LogP contribution in [0.5, 0.6) is 0 Å². The Kier molecular flexibility index (Phi) is 6.02. The highest BCUT2D eigenvalue weighted by atomic mass is 35.5. The van der Waals surface area contributed by atoms with Crippen LogP contribution in [0.4, 0.5) is 0 Å². The summed E-state index contributed by atoms with van der Waals surface area (Å²) >= 11 is 6.27. The summed E-state index contributed by atoms with van der Waals surface area (Å²) in [5, 5.41) is 0.0156. The summed E-state index contributed by atoms with van der Waals surface area (Å²) < 4.78 is 4.25. The highest BCUT2D eigenvalue weighted by Crippen LogP contribution is 2.31. The van der Waals surface area contributed by atoms with Crippen molar-refractivity contribution in [1.82, 2.24) is 0 Å². The first-order valence-electron chi connectivity index (χ1n) is 9.25. The van der Waals surface area contributed by atoms with Crippen LogP contribution in [-0.2, 0) is 20.0 Å². The van der Waals surface area contributed by atoms with Gasteiger partial charge >= 0.3 is 0 Å². The quantitative estimate of drug-likeness (QED) is 0.358. The van der Waals surface area contributed by atoms with E-state index >= 15 is 0 Å². The molecular formula is C23H25ClN2O+2. The van der Waals surface area contributed by atoms with Gasteiger partial charge in [-0.25, -0.2) is 4.57 Å². The fourth-order valence-electron chi connectivity index (χ4n) is 3.55. The van der Waals surface area contributed by atoms with Gasteiger partial charge in [-0.1, -0.05) is 6.92 Å². The molecule has 1 unspecified atom stereocenters. The second-order valence-corrected chi connectivity index (χ2v) is 7.53. The molecule has 0 radical (unpaired) electrons. The van der Waals surface area contributed by atoms with E-state index in [-0.39, 0.29) is 5.38 Å². The Balaban J connectivity index is 2.30. The van der Waals surface area contributed by atoms with Crippen molar-refractivity contribution in [3.63, 3.8) is 0 Å². The van der Waals surface area contributed by atoms with Gasteiger partial charge in [-0.3, -0.25) is 4.79 Å². The van der Waals surface area contributed by atoms with Crippen LogP contribution < -0.4 is 9.13 Å². The lowest BCUT2D eigenvalue weighted by molar-refractivity contribution is -0.685. The third-order valence-electron chi connectivity index (χ3n) is 4.76. The molecule has 2 heterocycles. The van der Waals surface area contributed by atoms with E-state index in [4.69, 9.17) is 11.6 Å². The first-order valence-corrected chi connectivity index (χ1v) is 9.68. The maximum atomic E-state index is 11.7. The maximum Gasteiger partial charge on any atom is 0.212 e. The number of carbonyl (C=O) groups is 1.